The number of esters is 2. The van der Waals surface area contributed by atoms with Crippen LogP contribution in [0.4, 0.5) is 4.39 Å². The summed E-state index contributed by atoms with van der Waals surface area (Å²) in [5, 5.41) is 2.75. The number of benzene rings is 1. The summed E-state index contributed by atoms with van der Waals surface area (Å²) in [6, 6.07) is 7.04. The van der Waals surface area contributed by atoms with Gasteiger partial charge in [0.15, 0.2) is 17.2 Å². The highest BCUT2D eigenvalue weighted by Gasteiger charge is 2.34. The third-order valence-corrected chi connectivity index (χ3v) is 6.98. The molecule has 9 nitrogen and oxygen atoms in total. The lowest BCUT2D eigenvalue weighted by atomic mass is 9.78. The van der Waals surface area contributed by atoms with E-state index in [-0.39, 0.29) is 28.9 Å². The quantitative estimate of drug-likeness (QED) is 0.341. The van der Waals surface area contributed by atoms with Gasteiger partial charge in [-0.05, 0) is 49.8 Å². The maximum absolute atomic E-state index is 13.5. The second-order valence-electron chi connectivity index (χ2n) is 9.73. The summed E-state index contributed by atoms with van der Waals surface area (Å²) in [5.41, 5.74) is 0.875. The van der Waals surface area contributed by atoms with E-state index < -0.39 is 36.8 Å². The number of carbonyl (C=O) groups excluding carboxylic acids is 3. The van der Waals surface area contributed by atoms with Crippen LogP contribution in [0.2, 0.25) is 0 Å². The fourth-order valence-electron chi connectivity index (χ4n) is 5.03. The molecule has 1 saturated heterocycles. The Morgan fingerprint density at radius 1 is 1.18 bits per heavy atom. The van der Waals surface area contributed by atoms with Crippen molar-refractivity contribution in [2.45, 2.75) is 71.4 Å². The van der Waals surface area contributed by atoms with Gasteiger partial charge in [0.2, 0.25) is 6.79 Å². The molecule has 10 heteroatoms. The van der Waals surface area contributed by atoms with Crippen molar-refractivity contribution in [3.05, 3.63) is 53.6 Å². The maximum atomic E-state index is 13.5. The van der Waals surface area contributed by atoms with E-state index in [1.807, 2.05) is 6.92 Å². The first-order valence-electron chi connectivity index (χ1n) is 13.3. The van der Waals surface area contributed by atoms with Crippen molar-refractivity contribution in [2.75, 3.05) is 13.9 Å². The van der Waals surface area contributed by atoms with Gasteiger partial charge < -0.3 is 24.3 Å². The van der Waals surface area contributed by atoms with Gasteiger partial charge in [-0.15, -0.1) is 0 Å². The predicted octanol–water partition coefficient (Wildman–Crippen LogP) is 4.62. The number of cyclic esters (lactones) is 1. The fraction of sp³-hybridized carbons (Fsp3) is 0.517. The molecular formula is C29H37FN2O7. The minimum absolute atomic E-state index is 0.00840. The Balaban J connectivity index is 1.77. The van der Waals surface area contributed by atoms with Crippen molar-refractivity contribution in [3.8, 4) is 11.5 Å². The van der Waals surface area contributed by atoms with Crippen LogP contribution in [0.3, 0.4) is 0 Å². The van der Waals surface area contributed by atoms with E-state index in [1.165, 1.54) is 38.4 Å². The predicted molar refractivity (Wildman–Crippen MR) is 141 cm³/mol. The zero-order valence-electron chi connectivity index (χ0n) is 22.9. The Morgan fingerprint density at radius 3 is 2.59 bits per heavy atom. The molecule has 1 aliphatic heterocycles. The molecule has 1 fully saturated rings. The molecule has 1 aliphatic rings. The summed E-state index contributed by atoms with van der Waals surface area (Å²) in [5.74, 6) is -1.44. The van der Waals surface area contributed by atoms with E-state index in [0.29, 0.717) is 25.2 Å². The first-order valence-corrected chi connectivity index (χ1v) is 13.3. The molecule has 0 radical (unpaired) electrons. The van der Waals surface area contributed by atoms with Crippen LogP contribution < -0.4 is 14.8 Å². The SMILES string of the molecule is CCCC1CCCC(NC(=O)c2nccc(OC)c2OCOC(C)=O)C(=O)OC(C)C1Cc1ccc(F)cc1. The number of nitrogens with zero attached hydrogens (tertiary/aromatic N) is 1. The molecule has 1 aromatic heterocycles. The molecule has 39 heavy (non-hydrogen) atoms. The zero-order valence-corrected chi connectivity index (χ0v) is 22.9. The Bertz CT molecular complexity index is 1130. The molecule has 3 rings (SSSR count). The molecule has 0 bridgehead atoms. The largest absolute Gasteiger partial charge is 0.493 e. The third kappa shape index (κ3) is 8.40. The van der Waals surface area contributed by atoms with Gasteiger partial charge in [-0.25, -0.2) is 14.2 Å². The van der Waals surface area contributed by atoms with Crippen LogP contribution in [0.15, 0.2) is 36.5 Å². The minimum atomic E-state index is -0.888. The van der Waals surface area contributed by atoms with Crippen LogP contribution in [0.5, 0.6) is 11.5 Å². The molecule has 0 saturated carbocycles. The highest BCUT2D eigenvalue weighted by Crippen LogP contribution is 2.33. The number of nitrogens with one attached hydrogen (secondary N) is 1. The summed E-state index contributed by atoms with van der Waals surface area (Å²) >= 11 is 0. The maximum Gasteiger partial charge on any atom is 0.328 e. The lowest BCUT2D eigenvalue weighted by Crippen LogP contribution is -2.43. The van der Waals surface area contributed by atoms with Crippen molar-refractivity contribution in [1.82, 2.24) is 10.3 Å². The molecule has 2 heterocycles. The smallest absolute Gasteiger partial charge is 0.328 e. The van der Waals surface area contributed by atoms with Gasteiger partial charge >= 0.3 is 11.9 Å². The van der Waals surface area contributed by atoms with Crippen molar-refractivity contribution < 1.29 is 37.7 Å². The Kier molecular flexibility index (Phi) is 11.1. The average molecular weight is 545 g/mol. The van der Waals surface area contributed by atoms with Crippen LogP contribution in [0.25, 0.3) is 0 Å². The van der Waals surface area contributed by atoms with E-state index in [1.54, 1.807) is 12.1 Å². The summed E-state index contributed by atoms with van der Waals surface area (Å²) in [7, 11) is 1.40. The highest BCUT2D eigenvalue weighted by atomic mass is 19.1. The van der Waals surface area contributed by atoms with Gasteiger partial charge in [0.25, 0.3) is 5.91 Å². The molecule has 2 aromatic rings. The van der Waals surface area contributed by atoms with Crippen LogP contribution in [-0.4, -0.2) is 48.9 Å². The van der Waals surface area contributed by atoms with Crippen molar-refractivity contribution in [2.24, 2.45) is 11.8 Å². The number of carbonyl (C=O) groups is 3. The standard InChI is InChI=1S/C29H37FN2O7/c1-5-7-21-8-6-9-24(29(35)39-18(2)23(21)16-20-10-12-22(30)13-11-20)32-28(34)26-27(38-17-37-19(3)33)25(36-4)14-15-31-26/h10-15,18,21,23-24H,5-9,16-17H2,1-4H3,(H,32,34). The number of pyridine rings is 1. The van der Waals surface area contributed by atoms with E-state index in [4.69, 9.17) is 18.9 Å². The lowest BCUT2D eigenvalue weighted by Gasteiger charge is -2.31. The summed E-state index contributed by atoms with van der Waals surface area (Å²) in [4.78, 5) is 41.7. The first-order chi connectivity index (χ1) is 18.7. The summed E-state index contributed by atoms with van der Waals surface area (Å²) in [6.45, 7) is 4.80. The molecule has 1 N–H and O–H groups in total. The Hall–Kier alpha value is -3.69. The second kappa shape index (κ2) is 14.5. The molecule has 0 spiro atoms. The van der Waals surface area contributed by atoms with Crippen molar-refractivity contribution in [3.63, 3.8) is 0 Å². The normalized spacial score (nSPS) is 21.5. The average Bonchev–Trinajstić information content (AvgIpc) is 2.95. The minimum Gasteiger partial charge on any atom is -0.493 e. The molecule has 1 amide bonds. The van der Waals surface area contributed by atoms with E-state index in [9.17, 15) is 18.8 Å². The fourth-order valence-corrected chi connectivity index (χ4v) is 5.03. The molecule has 212 valence electrons. The number of ether oxygens (including phenoxy) is 4. The molecule has 0 aliphatic carbocycles. The van der Waals surface area contributed by atoms with Crippen LogP contribution in [0, 0.1) is 17.7 Å². The second-order valence-corrected chi connectivity index (χ2v) is 9.73. The summed E-state index contributed by atoms with van der Waals surface area (Å²) in [6.07, 6.45) is 5.56. The molecule has 4 atom stereocenters. The topological polar surface area (TPSA) is 113 Å². The van der Waals surface area contributed by atoms with Gasteiger partial charge in [0, 0.05) is 25.1 Å². The van der Waals surface area contributed by atoms with Gasteiger partial charge in [0.1, 0.15) is 18.0 Å². The van der Waals surface area contributed by atoms with E-state index in [2.05, 4.69) is 17.2 Å². The van der Waals surface area contributed by atoms with Crippen LogP contribution in [0.1, 0.15) is 68.9 Å². The number of hydrogen-bond donors (Lipinski definition) is 1. The zero-order chi connectivity index (χ0) is 28.4. The monoisotopic (exact) mass is 544 g/mol. The first kappa shape index (κ1) is 29.9. The van der Waals surface area contributed by atoms with Crippen LogP contribution >= 0.6 is 0 Å². The van der Waals surface area contributed by atoms with Crippen molar-refractivity contribution in [1.29, 1.82) is 0 Å². The highest BCUT2D eigenvalue weighted by molar-refractivity contribution is 5.98. The number of aromatic nitrogens is 1. The summed E-state index contributed by atoms with van der Waals surface area (Å²) < 4.78 is 34.9. The molecule has 1 aromatic carbocycles. The number of methoxy groups -OCH3 is 1. The van der Waals surface area contributed by atoms with Gasteiger partial charge in [0.05, 0.1) is 7.11 Å². The number of rotatable bonds is 10. The van der Waals surface area contributed by atoms with Crippen molar-refractivity contribution >= 4 is 17.8 Å². The van der Waals surface area contributed by atoms with Gasteiger partial charge in [-0.3, -0.25) is 9.59 Å². The van der Waals surface area contributed by atoms with Gasteiger partial charge in [-0.1, -0.05) is 38.3 Å². The Labute approximate surface area is 228 Å². The number of hydrogen-bond acceptors (Lipinski definition) is 8. The molecular weight excluding hydrogens is 507 g/mol. The van der Waals surface area contributed by atoms with E-state index in [0.717, 1.165) is 24.8 Å². The number of amides is 1. The lowest BCUT2D eigenvalue weighted by molar-refractivity contribution is -0.154. The van der Waals surface area contributed by atoms with Gasteiger partial charge in [-0.2, -0.15) is 0 Å². The number of halogens is 1. The Morgan fingerprint density at radius 2 is 1.92 bits per heavy atom. The molecule has 4 unspecified atom stereocenters. The van der Waals surface area contributed by atoms with E-state index >= 15 is 0 Å². The third-order valence-electron chi connectivity index (χ3n) is 6.98. The van der Waals surface area contributed by atoms with Crippen LogP contribution in [-0.2, 0) is 25.5 Å².